The first kappa shape index (κ1) is 20.9. The van der Waals surface area contributed by atoms with E-state index in [0.29, 0.717) is 11.4 Å². The second-order valence-electron chi connectivity index (χ2n) is 6.95. The van der Waals surface area contributed by atoms with Crippen LogP contribution in [0.2, 0.25) is 0 Å². The van der Waals surface area contributed by atoms with Crippen molar-refractivity contribution in [2.24, 2.45) is 0 Å². The summed E-state index contributed by atoms with van der Waals surface area (Å²) in [7, 11) is -0.0185. The maximum absolute atomic E-state index is 12.8. The number of rotatable bonds is 5. The highest BCUT2D eigenvalue weighted by Crippen LogP contribution is 2.19. The van der Waals surface area contributed by atoms with Gasteiger partial charge in [-0.15, -0.1) is 10.2 Å². The number of anilines is 1. The number of amides is 1. The zero-order valence-corrected chi connectivity index (χ0v) is 17.4. The first-order chi connectivity index (χ1) is 13.7. The Morgan fingerprint density at radius 1 is 0.931 bits per heavy atom. The lowest BCUT2D eigenvalue weighted by Crippen LogP contribution is -2.50. The van der Waals surface area contributed by atoms with Crippen LogP contribution in [0, 0.1) is 0 Å². The predicted molar refractivity (Wildman–Crippen MR) is 107 cm³/mol. The molecule has 0 unspecified atom stereocenters. The smallest absolute Gasteiger partial charge is 0.274 e. The van der Waals surface area contributed by atoms with Crippen LogP contribution in [0.1, 0.15) is 27.8 Å². The van der Waals surface area contributed by atoms with Crippen LogP contribution in [0.25, 0.3) is 0 Å². The Bertz CT molecular complexity index is 996. The largest absolute Gasteiger partial charge is 0.361 e. The van der Waals surface area contributed by atoms with Crippen molar-refractivity contribution in [3.8, 4) is 0 Å². The van der Waals surface area contributed by atoms with E-state index in [1.54, 1.807) is 21.9 Å². The number of nitrogens with zero attached hydrogens (tertiary/aromatic N) is 5. The summed E-state index contributed by atoms with van der Waals surface area (Å²) in [6, 6.07) is 9.21. The molecule has 0 spiro atoms. The quantitative estimate of drug-likeness (QED) is 0.666. The molecule has 154 valence electrons. The molecule has 0 aliphatic carbocycles. The first-order valence-electron chi connectivity index (χ1n) is 9.11. The van der Waals surface area contributed by atoms with E-state index in [4.69, 9.17) is 0 Å². The van der Waals surface area contributed by atoms with Gasteiger partial charge in [-0.3, -0.25) is 9.59 Å². The lowest BCUT2D eigenvalue weighted by atomic mass is 10.2. The third-order valence-corrected chi connectivity index (χ3v) is 6.67. The van der Waals surface area contributed by atoms with Gasteiger partial charge in [0.2, 0.25) is 10.0 Å². The molecule has 3 rings (SSSR count). The zero-order valence-electron chi connectivity index (χ0n) is 16.6. The first-order valence-corrected chi connectivity index (χ1v) is 10.6. The number of piperazine rings is 1. The Labute approximate surface area is 170 Å². The predicted octanol–water partition coefficient (Wildman–Crippen LogP) is 0.892. The number of hydrogen-bond acceptors (Lipinski definition) is 7. The summed E-state index contributed by atoms with van der Waals surface area (Å²) in [5, 5.41) is 7.98. The number of ketones is 1. The number of hydrogen-bond donors (Lipinski definition) is 0. The SMILES string of the molecule is CC(=O)c1ccc(S(=O)(=O)N2CCN(C(=O)c3ccc(N(C)C)nn3)CC2)cc1. The summed E-state index contributed by atoms with van der Waals surface area (Å²) < 4.78 is 27.0. The minimum Gasteiger partial charge on any atom is -0.361 e. The fourth-order valence-electron chi connectivity index (χ4n) is 2.98. The molecule has 0 atom stereocenters. The second-order valence-corrected chi connectivity index (χ2v) is 8.89. The fourth-order valence-corrected chi connectivity index (χ4v) is 4.40. The summed E-state index contributed by atoms with van der Waals surface area (Å²) >= 11 is 0. The van der Waals surface area contributed by atoms with Crippen molar-refractivity contribution >= 4 is 27.5 Å². The molecule has 0 N–H and O–H groups in total. The Morgan fingerprint density at radius 3 is 2.03 bits per heavy atom. The van der Waals surface area contributed by atoms with Crippen molar-refractivity contribution < 1.29 is 18.0 Å². The third-order valence-electron chi connectivity index (χ3n) is 4.75. The lowest BCUT2D eigenvalue weighted by Gasteiger charge is -2.33. The van der Waals surface area contributed by atoms with E-state index in [9.17, 15) is 18.0 Å². The second kappa shape index (κ2) is 8.26. The summed E-state index contributed by atoms with van der Waals surface area (Å²) in [4.78, 5) is 27.5. The molecule has 9 nitrogen and oxygen atoms in total. The summed E-state index contributed by atoms with van der Waals surface area (Å²) in [5.41, 5.74) is 0.687. The summed E-state index contributed by atoms with van der Waals surface area (Å²) in [6.45, 7) is 2.33. The minimum atomic E-state index is -3.68. The molecule has 2 aromatic rings. The molecular weight excluding hydrogens is 394 g/mol. The van der Waals surface area contributed by atoms with Gasteiger partial charge >= 0.3 is 0 Å². The van der Waals surface area contributed by atoms with Crippen LogP contribution in [-0.4, -0.2) is 79.8 Å². The van der Waals surface area contributed by atoms with E-state index in [2.05, 4.69) is 10.2 Å². The number of sulfonamides is 1. The normalized spacial score (nSPS) is 15.2. The van der Waals surface area contributed by atoms with Crippen LogP contribution in [-0.2, 0) is 10.0 Å². The van der Waals surface area contributed by atoms with E-state index < -0.39 is 10.0 Å². The van der Waals surface area contributed by atoms with Crippen molar-refractivity contribution in [3.05, 3.63) is 47.7 Å². The topological polar surface area (TPSA) is 104 Å². The molecule has 1 amide bonds. The third kappa shape index (κ3) is 4.43. The molecule has 1 fully saturated rings. The van der Waals surface area contributed by atoms with Gasteiger partial charge in [0.05, 0.1) is 4.90 Å². The summed E-state index contributed by atoms with van der Waals surface area (Å²) in [5.74, 6) is 0.252. The maximum Gasteiger partial charge on any atom is 0.274 e. The molecular formula is C19H23N5O4S. The number of carbonyl (C=O) groups excluding carboxylic acids is 2. The van der Waals surface area contributed by atoms with Gasteiger partial charge in [0.25, 0.3) is 5.91 Å². The van der Waals surface area contributed by atoms with Crippen LogP contribution < -0.4 is 4.90 Å². The maximum atomic E-state index is 12.8. The van der Waals surface area contributed by atoms with Crippen molar-refractivity contribution in [1.82, 2.24) is 19.4 Å². The lowest BCUT2D eigenvalue weighted by molar-refractivity contribution is 0.0690. The highest BCUT2D eigenvalue weighted by molar-refractivity contribution is 7.89. The molecule has 1 aromatic carbocycles. The molecule has 29 heavy (non-hydrogen) atoms. The molecule has 1 saturated heterocycles. The average molecular weight is 417 g/mol. The standard InChI is InChI=1S/C19H23N5O4S/c1-14(25)15-4-6-16(7-5-15)29(27,28)24-12-10-23(11-13-24)19(26)17-8-9-18(21-20-17)22(2)3/h4-9H,10-13H2,1-3H3. The van der Waals surface area contributed by atoms with Gasteiger partial charge in [-0.25, -0.2) is 8.42 Å². The fraction of sp³-hybridized carbons (Fsp3) is 0.368. The van der Waals surface area contributed by atoms with Gasteiger partial charge < -0.3 is 9.80 Å². The van der Waals surface area contributed by atoms with Crippen LogP contribution in [0.4, 0.5) is 5.82 Å². The summed E-state index contributed by atoms with van der Waals surface area (Å²) in [6.07, 6.45) is 0. The van der Waals surface area contributed by atoms with Crippen LogP contribution in [0.5, 0.6) is 0 Å². The molecule has 1 aliphatic rings. The van der Waals surface area contributed by atoms with E-state index in [1.165, 1.54) is 35.5 Å². The van der Waals surface area contributed by atoms with E-state index in [-0.39, 0.29) is 48.5 Å². The highest BCUT2D eigenvalue weighted by Gasteiger charge is 2.31. The zero-order chi connectivity index (χ0) is 21.2. The molecule has 10 heteroatoms. The Balaban J connectivity index is 1.66. The molecule has 0 saturated carbocycles. The van der Waals surface area contributed by atoms with Gasteiger partial charge in [-0.2, -0.15) is 4.31 Å². The number of Topliss-reactive ketones (excluding diaryl/α,β-unsaturated/α-hetero) is 1. The van der Waals surface area contributed by atoms with Crippen LogP contribution >= 0.6 is 0 Å². The molecule has 0 radical (unpaired) electrons. The molecule has 0 bridgehead atoms. The van der Waals surface area contributed by atoms with Crippen LogP contribution in [0.3, 0.4) is 0 Å². The van der Waals surface area contributed by atoms with Gasteiger partial charge in [0, 0.05) is 45.8 Å². The molecule has 1 aromatic heterocycles. The Morgan fingerprint density at radius 2 is 1.55 bits per heavy atom. The van der Waals surface area contributed by atoms with Crippen molar-refractivity contribution in [2.75, 3.05) is 45.2 Å². The number of benzene rings is 1. The minimum absolute atomic E-state index is 0.122. The van der Waals surface area contributed by atoms with Crippen molar-refractivity contribution in [1.29, 1.82) is 0 Å². The molecule has 1 aliphatic heterocycles. The average Bonchev–Trinajstić information content (AvgIpc) is 2.73. The highest BCUT2D eigenvalue weighted by atomic mass is 32.2. The number of aromatic nitrogens is 2. The van der Waals surface area contributed by atoms with Crippen molar-refractivity contribution in [2.45, 2.75) is 11.8 Å². The van der Waals surface area contributed by atoms with E-state index in [1.807, 2.05) is 14.1 Å². The van der Waals surface area contributed by atoms with Crippen molar-refractivity contribution in [3.63, 3.8) is 0 Å². The van der Waals surface area contributed by atoms with Gasteiger partial charge in [0.1, 0.15) is 0 Å². The van der Waals surface area contributed by atoms with E-state index in [0.717, 1.165) is 0 Å². The van der Waals surface area contributed by atoms with E-state index >= 15 is 0 Å². The van der Waals surface area contributed by atoms with Gasteiger partial charge in [-0.05, 0) is 31.2 Å². The molecule has 2 heterocycles. The Hall–Kier alpha value is -2.85. The number of carbonyl (C=O) groups is 2. The van der Waals surface area contributed by atoms with Gasteiger partial charge in [0.15, 0.2) is 17.3 Å². The van der Waals surface area contributed by atoms with Gasteiger partial charge in [-0.1, -0.05) is 12.1 Å². The Kier molecular flexibility index (Phi) is 5.94. The van der Waals surface area contributed by atoms with Crippen LogP contribution in [0.15, 0.2) is 41.3 Å². The monoisotopic (exact) mass is 417 g/mol.